The van der Waals surface area contributed by atoms with E-state index in [1.54, 1.807) is 0 Å². The summed E-state index contributed by atoms with van der Waals surface area (Å²) in [5.41, 5.74) is 11.3. The number of hydrogen-bond donors (Lipinski definition) is 0. The molecule has 2 heteroatoms. The van der Waals surface area contributed by atoms with Gasteiger partial charge in [-0.25, -0.2) is 0 Å². The first kappa shape index (κ1) is 25.3. The smallest absolute Gasteiger partial charge is 0.0467 e. The molecule has 2 atom stereocenters. The minimum absolute atomic E-state index is 0.363. The standard InChI is InChI=1S/C42H29NS/c1-2-8-28(9-3-1)29-20-22-33(23-21-29)43(35-24-25-36-30-16-18-31(19-17-30)40(36)27-35)34-11-6-10-32(26-34)37-13-7-14-39-38-12-4-5-15-41(38)44-42(37)39/h1-27,36,40H. The first-order valence-electron chi connectivity index (χ1n) is 15.3. The molecule has 6 aromatic carbocycles. The molecular weight excluding hydrogens is 551 g/mol. The molecule has 3 aliphatic rings. The molecule has 0 saturated heterocycles. The molecule has 44 heavy (non-hydrogen) atoms. The summed E-state index contributed by atoms with van der Waals surface area (Å²) < 4.78 is 2.67. The number of hydrogen-bond acceptors (Lipinski definition) is 2. The van der Waals surface area contributed by atoms with E-state index in [9.17, 15) is 0 Å². The number of nitrogens with zero attached hydrogens (tertiary/aromatic N) is 1. The second-order valence-corrected chi connectivity index (χ2v) is 12.8. The van der Waals surface area contributed by atoms with Crippen molar-refractivity contribution in [3.63, 3.8) is 0 Å². The molecule has 0 radical (unpaired) electrons. The number of thiophene rings is 1. The van der Waals surface area contributed by atoms with Gasteiger partial charge in [-0.1, -0.05) is 127 Å². The molecule has 1 heterocycles. The van der Waals surface area contributed by atoms with E-state index in [4.69, 9.17) is 0 Å². The molecule has 208 valence electrons. The molecule has 3 aliphatic carbocycles. The number of anilines is 2. The number of rotatable bonds is 5. The van der Waals surface area contributed by atoms with Gasteiger partial charge in [0.2, 0.25) is 0 Å². The molecular formula is C42H29NS. The third-order valence-corrected chi connectivity index (χ3v) is 10.4. The summed E-state index contributed by atoms with van der Waals surface area (Å²) in [7, 11) is 0. The predicted octanol–water partition coefficient (Wildman–Crippen LogP) is 11.9. The molecule has 0 fully saturated rings. The molecule has 1 aromatic heterocycles. The Morgan fingerprint density at radius 2 is 1.18 bits per heavy atom. The Morgan fingerprint density at radius 3 is 2.02 bits per heavy atom. The van der Waals surface area contributed by atoms with Crippen LogP contribution >= 0.6 is 11.3 Å². The zero-order valence-electron chi connectivity index (χ0n) is 24.1. The van der Waals surface area contributed by atoms with Gasteiger partial charge in [0.15, 0.2) is 0 Å². The van der Waals surface area contributed by atoms with Crippen molar-refractivity contribution in [1.29, 1.82) is 0 Å². The second-order valence-electron chi connectivity index (χ2n) is 11.7. The highest BCUT2D eigenvalue weighted by molar-refractivity contribution is 7.26. The van der Waals surface area contributed by atoms with E-state index in [1.165, 1.54) is 59.3 Å². The highest BCUT2D eigenvalue weighted by Crippen LogP contribution is 2.46. The summed E-state index contributed by atoms with van der Waals surface area (Å²) in [6, 6.07) is 53.3. The van der Waals surface area contributed by atoms with Gasteiger partial charge >= 0.3 is 0 Å². The molecule has 1 nitrogen and oxygen atoms in total. The van der Waals surface area contributed by atoms with Gasteiger partial charge in [-0.15, -0.1) is 11.3 Å². The van der Waals surface area contributed by atoms with Crippen LogP contribution in [0.3, 0.4) is 0 Å². The Balaban J connectivity index is 1.18. The predicted molar refractivity (Wildman–Crippen MR) is 188 cm³/mol. The lowest BCUT2D eigenvalue weighted by molar-refractivity contribution is 0.698. The topological polar surface area (TPSA) is 3.24 Å². The summed E-state index contributed by atoms with van der Waals surface area (Å²) in [6.45, 7) is 0. The van der Waals surface area contributed by atoms with Crippen molar-refractivity contribution in [1.82, 2.24) is 0 Å². The largest absolute Gasteiger partial charge is 0.311 e. The highest BCUT2D eigenvalue weighted by Gasteiger charge is 2.30. The Bertz CT molecular complexity index is 2220. The lowest BCUT2D eigenvalue weighted by atomic mass is 9.73. The van der Waals surface area contributed by atoms with Crippen molar-refractivity contribution in [2.24, 2.45) is 0 Å². The van der Waals surface area contributed by atoms with Crippen LogP contribution in [-0.4, -0.2) is 0 Å². The maximum Gasteiger partial charge on any atom is 0.0467 e. The average Bonchev–Trinajstić information content (AvgIpc) is 3.49. The Hall–Kier alpha value is -5.18. The van der Waals surface area contributed by atoms with E-state index < -0.39 is 0 Å². The summed E-state index contributed by atoms with van der Waals surface area (Å²) in [5, 5.41) is 2.66. The Kier molecular flexibility index (Phi) is 5.89. The van der Waals surface area contributed by atoms with Gasteiger partial charge in [-0.05, 0) is 69.8 Å². The first-order chi connectivity index (χ1) is 21.8. The lowest BCUT2D eigenvalue weighted by Crippen LogP contribution is -2.22. The van der Waals surface area contributed by atoms with Crippen LogP contribution in [0.5, 0.6) is 0 Å². The molecule has 0 N–H and O–H groups in total. The van der Waals surface area contributed by atoms with Crippen molar-refractivity contribution < 1.29 is 0 Å². The van der Waals surface area contributed by atoms with E-state index in [-0.39, 0.29) is 0 Å². The fraction of sp³-hybridized carbons (Fsp3) is 0.0476. The maximum atomic E-state index is 2.47. The van der Waals surface area contributed by atoms with E-state index >= 15 is 0 Å². The van der Waals surface area contributed by atoms with Gasteiger partial charge in [0.05, 0.1) is 0 Å². The first-order valence-corrected chi connectivity index (χ1v) is 16.1. The third-order valence-electron chi connectivity index (χ3n) is 9.23. The van der Waals surface area contributed by atoms with Gasteiger partial charge in [0.25, 0.3) is 0 Å². The van der Waals surface area contributed by atoms with Crippen LogP contribution in [0.2, 0.25) is 0 Å². The summed E-state index contributed by atoms with van der Waals surface area (Å²) in [5.74, 6) is 0.782. The van der Waals surface area contributed by atoms with Crippen LogP contribution in [0.25, 0.3) is 42.4 Å². The van der Waals surface area contributed by atoms with Crippen molar-refractivity contribution in [3.8, 4) is 22.3 Å². The van der Waals surface area contributed by atoms with E-state index in [2.05, 4.69) is 169 Å². The molecule has 0 amide bonds. The third kappa shape index (κ3) is 4.14. The summed E-state index contributed by atoms with van der Waals surface area (Å²) >= 11 is 1.89. The fourth-order valence-corrected chi connectivity index (χ4v) is 8.28. The number of benzene rings is 6. The van der Waals surface area contributed by atoms with Crippen molar-refractivity contribution in [2.45, 2.75) is 11.8 Å². The normalized spacial score (nSPS) is 16.7. The second kappa shape index (κ2) is 10.2. The van der Waals surface area contributed by atoms with Gasteiger partial charge < -0.3 is 4.90 Å². The zero-order chi connectivity index (χ0) is 29.0. The highest BCUT2D eigenvalue weighted by atomic mass is 32.1. The van der Waals surface area contributed by atoms with Crippen molar-refractivity contribution in [3.05, 3.63) is 181 Å². The molecule has 2 bridgehead atoms. The van der Waals surface area contributed by atoms with Gasteiger partial charge in [0.1, 0.15) is 0 Å². The number of allylic oxidation sites excluding steroid dienone is 3. The van der Waals surface area contributed by atoms with Gasteiger partial charge in [-0.3, -0.25) is 0 Å². The maximum absolute atomic E-state index is 2.47. The molecule has 0 saturated carbocycles. The summed E-state index contributed by atoms with van der Waals surface area (Å²) in [6.07, 6.45) is 7.19. The van der Waals surface area contributed by atoms with Crippen molar-refractivity contribution >= 4 is 42.9 Å². The minimum atomic E-state index is 0.363. The molecule has 2 unspecified atom stereocenters. The Morgan fingerprint density at radius 1 is 0.500 bits per heavy atom. The zero-order valence-corrected chi connectivity index (χ0v) is 24.9. The van der Waals surface area contributed by atoms with E-state index in [0.29, 0.717) is 11.8 Å². The number of fused-ring (bicyclic) bond motifs is 5. The molecule has 0 aliphatic heterocycles. The van der Waals surface area contributed by atoms with E-state index in [0.717, 1.165) is 11.4 Å². The summed E-state index contributed by atoms with van der Waals surface area (Å²) in [4.78, 5) is 2.43. The lowest BCUT2D eigenvalue weighted by Gasteiger charge is -2.35. The van der Waals surface area contributed by atoms with E-state index in [1.807, 2.05) is 11.3 Å². The van der Waals surface area contributed by atoms with Crippen LogP contribution in [0.4, 0.5) is 11.4 Å². The SMILES string of the molecule is C1=CC2c3ccc(cc3)C2C=C1N(c1ccc(-c2ccccc2)cc1)c1cccc(-c2cccc3c2sc2ccccc23)c1. The van der Waals surface area contributed by atoms with Crippen LogP contribution in [-0.2, 0) is 0 Å². The van der Waals surface area contributed by atoms with Crippen LogP contribution in [0.15, 0.2) is 170 Å². The van der Waals surface area contributed by atoms with Crippen LogP contribution in [0, 0.1) is 0 Å². The van der Waals surface area contributed by atoms with Gasteiger partial charge in [-0.2, -0.15) is 0 Å². The minimum Gasteiger partial charge on any atom is -0.311 e. The molecule has 0 spiro atoms. The van der Waals surface area contributed by atoms with Crippen LogP contribution in [0.1, 0.15) is 23.0 Å². The molecule has 7 aromatic rings. The van der Waals surface area contributed by atoms with Crippen LogP contribution < -0.4 is 4.90 Å². The fourth-order valence-electron chi connectivity index (χ4n) is 7.04. The monoisotopic (exact) mass is 579 g/mol. The quantitative estimate of drug-likeness (QED) is 0.196. The van der Waals surface area contributed by atoms with Gasteiger partial charge in [0, 0.05) is 49.1 Å². The average molecular weight is 580 g/mol. The molecule has 10 rings (SSSR count). The Labute approximate surface area is 261 Å². The van der Waals surface area contributed by atoms with Crippen molar-refractivity contribution in [2.75, 3.05) is 4.90 Å².